The number of nitrogens with one attached hydrogen (secondary N) is 1. The van der Waals surface area contributed by atoms with Crippen LogP contribution in [0, 0.1) is 11.3 Å². The molecule has 2 heteroatoms. The topological polar surface area (TPSA) is 15.3 Å². The first-order chi connectivity index (χ1) is 8.99. The molecule has 1 rings (SSSR count). The van der Waals surface area contributed by atoms with Crippen molar-refractivity contribution in [2.24, 2.45) is 11.3 Å². The summed E-state index contributed by atoms with van der Waals surface area (Å²) in [6, 6.07) is 0.672. The Kier molecular flexibility index (Phi) is 7.38. The fraction of sp³-hybridized carbons (Fsp3) is 1.00. The molecule has 0 aromatic rings. The molecule has 0 atom stereocenters. The highest BCUT2D eigenvalue weighted by Crippen LogP contribution is 2.38. The maximum atomic E-state index is 3.69. The summed E-state index contributed by atoms with van der Waals surface area (Å²) in [4.78, 5) is 2.71. The highest BCUT2D eigenvalue weighted by Gasteiger charge is 2.35. The van der Waals surface area contributed by atoms with E-state index < -0.39 is 0 Å². The van der Waals surface area contributed by atoms with E-state index >= 15 is 0 Å². The van der Waals surface area contributed by atoms with Crippen molar-refractivity contribution in [1.29, 1.82) is 0 Å². The van der Waals surface area contributed by atoms with Crippen LogP contribution < -0.4 is 5.32 Å². The van der Waals surface area contributed by atoms with Gasteiger partial charge in [0, 0.05) is 25.7 Å². The van der Waals surface area contributed by atoms with Crippen LogP contribution in [0.3, 0.4) is 0 Å². The number of hydrogen-bond acceptors (Lipinski definition) is 2. The van der Waals surface area contributed by atoms with E-state index in [-0.39, 0.29) is 0 Å². The lowest BCUT2D eigenvalue weighted by Gasteiger charge is -2.38. The molecule has 1 aliphatic carbocycles. The van der Waals surface area contributed by atoms with Crippen molar-refractivity contribution in [3.8, 4) is 0 Å². The van der Waals surface area contributed by atoms with E-state index in [0.29, 0.717) is 11.5 Å². The molecule has 19 heavy (non-hydrogen) atoms. The molecule has 0 saturated heterocycles. The zero-order chi connectivity index (χ0) is 14.3. The predicted octanol–water partition coefficient (Wildman–Crippen LogP) is 3.91. The van der Waals surface area contributed by atoms with Crippen LogP contribution in [0.2, 0.25) is 0 Å². The molecule has 0 spiro atoms. The van der Waals surface area contributed by atoms with Gasteiger partial charge >= 0.3 is 0 Å². The van der Waals surface area contributed by atoms with E-state index in [1.54, 1.807) is 0 Å². The fourth-order valence-corrected chi connectivity index (χ4v) is 3.40. The normalized spacial score (nSPS) is 18.9. The SMILES string of the molecule is CCCNCC1(CN(CC(C)C)C(C)C)CCCC1. The zero-order valence-electron chi connectivity index (χ0n) is 14.0. The largest absolute Gasteiger partial charge is 0.316 e. The molecule has 114 valence electrons. The Balaban J connectivity index is 2.58. The van der Waals surface area contributed by atoms with Gasteiger partial charge < -0.3 is 10.2 Å². The van der Waals surface area contributed by atoms with Crippen LogP contribution in [0.5, 0.6) is 0 Å². The van der Waals surface area contributed by atoms with Crippen molar-refractivity contribution in [3.63, 3.8) is 0 Å². The van der Waals surface area contributed by atoms with E-state index in [9.17, 15) is 0 Å². The van der Waals surface area contributed by atoms with E-state index in [0.717, 1.165) is 5.92 Å². The molecule has 1 aliphatic rings. The summed E-state index contributed by atoms with van der Waals surface area (Å²) in [5, 5.41) is 3.69. The molecule has 0 aromatic carbocycles. The van der Waals surface area contributed by atoms with Gasteiger partial charge in [0.05, 0.1) is 0 Å². The number of nitrogens with zero attached hydrogens (tertiary/aromatic N) is 1. The molecular formula is C17H36N2. The monoisotopic (exact) mass is 268 g/mol. The molecule has 1 fully saturated rings. The molecule has 0 radical (unpaired) electrons. The molecule has 2 nitrogen and oxygen atoms in total. The van der Waals surface area contributed by atoms with Gasteiger partial charge in [-0.3, -0.25) is 0 Å². The van der Waals surface area contributed by atoms with E-state index in [1.165, 1.54) is 58.3 Å². The lowest BCUT2D eigenvalue weighted by Crippen LogP contribution is -2.46. The summed E-state index contributed by atoms with van der Waals surface area (Å²) >= 11 is 0. The fourth-order valence-electron chi connectivity index (χ4n) is 3.40. The first-order valence-electron chi connectivity index (χ1n) is 8.44. The quantitative estimate of drug-likeness (QED) is 0.638. The highest BCUT2D eigenvalue weighted by molar-refractivity contribution is 4.90. The van der Waals surface area contributed by atoms with Crippen LogP contribution in [-0.2, 0) is 0 Å². The lowest BCUT2D eigenvalue weighted by molar-refractivity contribution is 0.110. The van der Waals surface area contributed by atoms with Gasteiger partial charge in [0.2, 0.25) is 0 Å². The summed E-state index contributed by atoms with van der Waals surface area (Å²) < 4.78 is 0. The van der Waals surface area contributed by atoms with Crippen LogP contribution in [0.1, 0.15) is 66.7 Å². The first-order valence-corrected chi connectivity index (χ1v) is 8.44. The molecule has 1 saturated carbocycles. The number of rotatable bonds is 9. The maximum absolute atomic E-state index is 3.69. The van der Waals surface area contributed by atoms with Gasteiger partial charge in [-0.15, -0.1) is 0 Å². The summed E-state index contributed by atoms with van der Waals surface area (Å²) in [7, 11) is 0. The average Bonchev–Trinajstić information content (AvgIpc) is 2.77. The average molecular weight is 268 g/mol. The molecule has 0 aromatic heterocycles. The van der Waals surface area contributed by atoms with Gasteiger partial charge in [-0.05, 0) is 51.0 Å². The number of hydrogen-bond donors (Lipinski definition) is 1. The van der Waals surface area contributed by atoms with E-state index in [4.69, 9.17) is 0 Å². The van der Waals surface area contributed by atoms with Crippen molar-refractivity contribution < 1.29 is 0 Å². The molecule has 0 heterocycles. The van der Waals surface area contributed by atoms with Gasteiger partial charge in [-0.25, -0.2) is 0 Å². The van der Waals surface area contributed by atoms with Crippen LogP contribution in [-0.4, -0.2) is 37.1 Å². The Morgan fingerprint density at radius 3 is 2.21 bits per heavy atom. The van der Waals surface area contributed by atoms with Crippen LogP contribution in [0.4, 0.5) is 0 Å². The molecule has 1 N–H and O–H groups in total. The second-order valence-corrected chi connectivity index (χ2v) is 7.30. The second-order valence-electron chi connectivity index (χ2n) is 7.30. The minimum absolute atomic E-state index is 0.550. The van der Waals surface area contributed by atoms with Crippen LogP contribution in [0.15, 0.2) is 0 Å². The Morgan fingerprint density at radius 1 is 1.11 bits per heavy atom. The van der Waals surface area contributed by atoms with Crippen molar-refractivity contribution in [1.82, 2.24) is 10.2 Å². The third-order valence-electron chi connectivity index (χ3n) is 4.46. The zero-order valence-corrected chi connectivity index (χ0v) is 14.0. The minimum Gasteiger partial charge on any atom is -0.316 e. The van der Waals surface area contributed by atoms with Crippen molar-refractivity contribution in [2.45, 2.75) is 72.8 Å². The van der Waals surface area contributed by atoms with E-state index in [1.807, 2.05) is 0 Å². The Hall–Kier alpha value is -0.0800. The van der Waals surface area contributed by atoms with Crippen LogP contribution >= 0.6 is 0 Å². The Labute approximate surface area is 121 Å². The predicted molar refractivity (Wildman–Crippen MR) is 85.6 cm³/mol. The first kappa shape index (κ1) is 17.0. The maximum Gasteiger partial charge on any atom is 0.00530 e. The molecule has 0 unspecified atom stereocenters. The highest BCUT2D eigenvalue weighted by atomic mass is 15.2. The van der Waals surface area contributed by atoms with Crippen molar-refractivity contribution >= 4 is 0 Å². The molecule has 0 aliphatic heterocycles. The summed E-state index contributed by atoms with van der Waals surface area (Å²) in [5.41, 5.74) is 0.550. The second kappa shape index (κ2) is 8.26. The van der Waals surface area contributed by atoms with Crippen LogP contribution in [0.25, 0.3) is 0 Å². The minimum atomic E-state index is 0.550. The standard InChI is InChI=1S/C17H36N2/c1-6-11-18-13-17(9-7-8-10-17)14-19(16(4)5)12-15(2)3/h15-16,18H,6-14H2,1-5H3. The van der Waals surface area contributed by atoms with Crippen molar-refractivity contribution in [3.05, 3.63) is 0 Å². The van der Waals surface area contributed by atoms with E-state index in [2.05, 4.69) is 44.8 Å². The molecule has 0 bridgehead atoms. The van der Waals surface area contributed by atoms with Crippen molar-refractivity contribution in [2.75, 3.05) is 26.2 Å². The smallest absolute Gasteiger partial charge is 0.00530 e. The third kappa shape index (κ3) is 5.83. The third-order valence-corrected chi connectivity index (χ3v) is 4.46. The van der Waals surface area contributed by atoms with Gasteiger partial charge in [0.1, 0.15) is 0 Å². The van der Waals surface area contributed by atoms with Gasteiger partial charge in [-0.1, -0.05) is 33.6 Å². The Bertz CT molecular complexity index is 229. The lowest BCUT2D eigenvalue weighted by atomic mass is 9.84. The summed E-state index contributed by atoms with van der Waals surface area (Å²) in [6.07, 6.45) is 6.95. The molecular weight excluding hydrogens is 232 g/mol. The van der Waals surface area contributed by atoms with Gasteiger partial charge in [0.15, 0.2) is 0 Å². The summed E-state index contributed by atoms with van der Waals surface area (Å²) in [5.74, 6) is 0.768. The summed E-state index contributed by atoms with van der Waals surface area (Å²) in [6.45, 7) is 16.6. The Morgan fingerprint density at radius 2 is 1.74 bits per heavy atom. The molecule has 0 amide bonds. The van der Waals surface area contributed by atoms with Gasteiger partial charge in [-0.2, -0.15) is 0 Å². The van der Waals surface area contributed by atoms with Gasteiger partial charge in [0.25, 0.3) is 0 Å².